The van der Waals surface area contributed by atoms with Crippen molar-refractivity contribution in [2.24, 2.45) is 5.73 Å². The zero-order valence-corrected chi connectivity index (χ0v) is 13.4. The van der Waals surface area contributed by atoms with Crippen LogP contribution in [0.2, 0.25) is 5.02 Å². The third-order valence-electron chi connectivity index (χ3n) is 2.33. The number of nitrogens with two attached hydrogens (primary N) is 1. The Bertz CT molecular complexity index is 657. The van der Waals surface area contributed by atoms with Crippen LogP contribution >= 0.6 is 51.1 Å². The van der Waals surface area contributed by atoms with Crippen LogP contribution in [0.5, 0.6) is 0 Å². The second kappa shape index (κ2) is 6.00. The highest BCUT2D eigenvalue weighted by molar-refractivity contribution is 9.11. The number of nitrogens with one attached hydrogen (secondary N) is 1. The highest BCUT2D eigenvalue weighted by Crippen LogP contribution is 2.25. The molecule has 1 heterocycles. The van der Waals surface area contributed by atoms with Crippen molar-refractivity contribution in [2.75, 3.05) is 5.32 Å². The molecule has 0 radical (unpaired) electrons. The number of thiophene rings is 1. The van der Waals surface area contributed by atoms with Crippen molar-refractivity contribution < 1.29 is 4.79 Å². The molecular formula is C12H8BrClN2OS2. The fourth-order valence-corrected chi connectivity index (χ4v) is 2.88. The van der Waals surface area contributed by atoms with Gasteiger partial charge in [-0.15, -0.1) is 11.3 Å². The second-order valence-electron chi connectivity index (χ2n) is 3.65. The summed E-state index contributed by atoms with van der Waals surface area (Å²) in [5, 5.41) is 4.89. The molecule has 0 bridgehead atoms. The lowest BCUT2D eigenvalue weighted by Gasteiger charge is -2.07. The molecule has 98 valence electrons. The number of benzene rings is 1. The Balaban J connectivity index is 2.20. The average Bonchev–Trinajstić information content (AvgIpc) is 2.78. The van der Waals surface area contributed by atoms with Gasteiger partial charge in [-0.1, -0.05) is 23.8 Å². The van der Waals surface area contributed by atoms with Gasteiger partial charge in [0.25, 0.3) is 5.91 Å². The zero-order valence-electron chi connectivity index (χ0n) is 9.44. The molecular weight excluding hydrogens is 368 g/mol. The Morgan fingerprint density at radius 3 is 2.63 bits per heavy atom. The molecule has 19 heavy (non-hydrogen) atoms. The van der Waals surface area contributed by atoms with Crippen LogP contribution in [0.15, 0.2) is 33.4 Å². The van der Waals surface area contributed by atoms with Gasteiger partial charge in [0.1, 0.15) is 4.99 Å². The first kappa shape index (κ1) is 14.5. The van der Waals surface area contributed by atoms with Crippen molar-refractivity contribution in [3.63, 3.8) is 0 Å². The van der Waals surface area contributed by atoms with E-state index in [9.17, 15) is 4.79 Å². The number of hydrogen-bond acceptors (Lipinski definition) is 3. The molecule has 0 spiro atoms. The van der Waals surface area contributed by atoms with Gasteiger partial charge in [0.05, 0.1) is 20.1 Å². The van der Waals surface area contributed by atoms with Gasteiger partial charge >= 0.3 is 0 Å². The quantitative estimate of drug-likeness (QED) is 0.796. The first-order valence-corrected chi connectivity index (χ1v) is 7.58. The maximum Gasteiger partial charge on any atom is 0.256 e. The van der Waals surface area contributed by atoms with E-state index in [-0.39, 0.29) is 10.9 Å². The van der Waals surface area contributed by atoms with E-state index in [4.69, 9.17) is 29.6 Å². The van der Waals surface area contributed by atoms with Crippen molar-refractivity contribution >= 4 is 67.7 Å². The molecule has 0 unspecified atom stereocenters. The highest BCUT2D eigenvalue weighted by atomic mass is 79.9. The van der Waals surface area contributed by atoms with Crippen LogP contribution < -0.4 is 11.1 Å². The fourth-order valence-electron chi connectivity index (χ4n) is 1.39. The second-order valence-corrected chi connectivity index (χ2v) is 6.79. The first-order valence-electron chi connectivity index (χ1n) is 5.12. The molecule has 3 nitrogen and oxygen atoms in total. The maximum absolute atomic E-state index is 12.0. The summed E-state index contributed by atoms with van der Waals surface area (Å²) >= 11 is 15.7. The third kappa shape index (κ3) is 3.54. The molecule has 1 amide bonds. The Labute approximate surface area is 132 Å². The normalized spacial score (nSPS) is 10.2. The van der Waals surface area contributed by atoms with E-state index < -0.39 is 0 Å². The van der Waals surface area contributed by atoms with Gasteiger partial charge < -0.3 is 11.1 Å². The molecule has 0 aliphatic carbocycles. The Morgan fingerprint density at radius 2 is 2.11 bits per heavy atom. The van der Waals surface area contributed by atoms with Gasteiger partial charge in [0.2, 0.25) is 0 Å². The van der Waals surface area contributed by atoms with Crippen molar-refractivity contribution in [2.45, 2.75) is 0 Å². The summed E-state index contributed by atoms with van der Waals surface area (Å²) in [6.45, 7) is 0. The summed E-state index contributed by atoms with van der Waals surface area (Å²) in [7, 11) is 0. The van der Waals surface area contributed by atoms with Crippen LogP contribution in [-0.4, -0.2) is 10.9 Å². The van der Waals surface area contributed by atoms with Gasteiger partial charge in [-0.2, -0.15) is 0 Å². The number of carbonyl (C=O) groups is 1. The maximum atomic E-state index is 12.0. The van der Waals surface area contributed by atoms with Crippen molar-refractivity contribution in [1.29, 1.82) is 0 Å². The molecule has 0 saturated heterocycles. The number of rotatable bonds is 3. The predicted octanol–water partition coefficient (Wildman–Crippen LogP) is 4.05. The fraction of sp³-hybridized carbons (Fsp3) is 0. The minimum absolute atomic E-state index is 0.216. The number of carbonyl (C=O) groups excluding carboxylic acids is 1. The van der Waals surface area contributed by atoms with Gasteiger partial charge in [0.15, 0.2) is 0 Å². The molecule has 0 atom stereocenters. The number of halogens is 2. The van der Waals surface area contributed by atoms with Crippen molar-refractivity contribution in [3.05, 3.63) is 49.6 Å². The van der Waals surface area contributed by atoms with Crippen LogP contribution in [0, 0.1) is 0 Å². The molecule has 0 fully saturated rings. The van der Waals surface area contributed by atoms with E-state index in [2.05, 4.69) is 21.2 Å². The first-order chi connectivity index (χ1) is 8.97. The monoisotopic (exact) mass is 374 g/mol. The summed E-state index contributed by atoms with van der Waals surface area (Å²) in [5.74, 6) is -0.216. The van der Waals surface area contributed by atoms with Gasteiger partial charge in [-0.3, -0.25) is 4.79 Å². The molecule has 2 aromatic rings. The third-order valence-corrected chi connectivity index (χ3v) is 4.38. The van der Waals surface area contributed by atoms with Crippen molar-refractivity contribution in [1.82, 2.24) is 0 Å². The van der Waals surface area contributed by atoms with Crippen LogP contribution in [0.3, 0.4) is 0 Å². The van der Waals surface area contributed by atoms with E-state index in [0.717, 1.165) is 3.79 Å². The standard InChI is InChI=1S/C12H8BrClN2OS2/c13-10-4-7(5-19-10)12(17)16-9-2-1-6(11(15)18)3-8(9)14/h1-5H,(H2,15,18)(H,16,17). The van der Waals surface area contributed by atoms with E-state index in [1.165, 1.54) is 11.3 Å². The smallest absolute Gasteiger partial charge is 0.256 e. The lowest BCUT2D eigenvalue weighted by Crippen LogP contribution is -2.13. The SMILES string of the molecule is NC(=S)c1ccc(NC(=O)c2csc(Br)c2)c(Cl)c1. The van der Waals surface area contributed by atoms with Crippen LogP contribution in [0.4, 0.5) is 5.69 Å². The largest absolute Gasteiger partial charge is 0.389 e. The highest BCUT2D eigenvalue weighted by Gasteiger charge is 2.11. The lowest BCUT2D eigenvalue weighted by molar-refractivity contribution is 0.102. The molecule has 7 heteroatoms. The molecule has 0 aliphatic rings. The predicted molar refractivity (Wildman–Crippen MR) is 87.3 cm³/mol. The van der Waals surface area contributed by atoms with E-state index in [1.54, 1.807) is 29.6 Å². The molecule has 1 aromatic heterocycles. The van der Waals surface area contributed by atoms with E-state index >= 15 is 0 Å². The summed E-state index contributed by atoms with van der Waals surface area (Å²) < 4.78 is 0.896. The Morgan fingerprint density at radius 1 is 1.37 bits per heavy atom. The minimum Gasteiger partial charge on any atom is -0.389 e. The summed E-state index contributed by atoms with van der Waals surface area (Å²) in [5.41, 5.74) is 7.27. The summed E-state index contributed by atoms with van der Waals surface area (Å²) in [6.07, 6.45) is 0. The topological polar surface area (TPSA) is 55.1 Å². The molecule has 0 saturated carbocycles. The molecule has 2 rings (SSSR count). The van der Waals surface area contributed by atoms with Gasteiger partial charge in [-0.25, -0.2) is 0 Å². The van der Waals surface area contributed by atoms with E-state index in [0.29, 0.717) is 21.8 Å². The Hall–Kier alpha value is -0.950. The molecule has 1 aromatic carbocycles. The zero-order chi connectivity index (χ0) is 14.0. The van der Waals surface area contributed by atoms with E-state index in [1.807, 2.05) is 0 Å². The number of amides is 1. The number of thiocarbonyl (C=S) groups is 1. The van der Waals surface area contributed by atoms with Gasteiger partial charge in [-0.05, 0) is 40.2 Å². The minimum atomic E-state index is -0.216. The molecule has 0 aliphatic heterocycles. The van der Waals surface area contributed by atoms with Gasteiger partial charge in [0, 0.05) is 10.9 Å². The summed E-state index contributed by atoms with van der Waals surface area (Å²) in [4.78, 5) is 12.2. The summed E-state index contributed by atoms with van der Waals surface area (Å²) in [6, 6.07) is 6.77. The average molecular weight is 376 g/mol. The number of anilines is 1. The van der Waals surface area contributed by atoms with Crippen LogP contribution in [0.1, 0.15) is 15.9 Å². The Kier molecular flexibility index (Phi) is 4.57. The van der Waals surface area contributed by atoms with Crippen LogP contribution in [0.25, 0.3) is 0 Å². The van der Waals surface area contributed by atoms with Crippen LogP contribution in [-0.2, 0) is 0 Å². The lowest BCUT2D eigenvalue weighted by atomic mass is 10.2. The molecule has 3 N–H and O–H groups in total. The number of hydrogen-bond donors (Lipinski definition) is 2. The van der Waals surface area contributed by atoms with Crippen molar-refractivity contribution in [3.8, 4) is 0 Å².